The van der Waals surface area contributed by atoms with Gasteiger partial charge in [0.2, 0.25) is 11.8 Å². The van der Waals surface area contributed by atoms with Crippen LogP contribution in [0.2, 0.25) is 0 Å². The Balaban J connectivity index is 1.87. The van der Waals surface area contributed by atoms with E-state index in [0.29, 0.717) is 38.8 Å². The van der Waals surface area contributed by atoms with E-state index in [9.17, 15) is 9.59 Å². The molecule has 0 aliphatic heterocycles. The van der Waals surface area contributed by atoms with Gasteiger partial charge in [-0.05, 0) is 41.7 Å². The molecule has 35 heavy (non-hydrogen) atoms. The summed E-state index contributed by atoms with van der Waals surface area (Å²) in [5, 5.41) is 12.0. The van der Waals surface area contributed by atoms with Crippen LogP contribution < -0.4 is 10.1 Å². The van der Waals surface area contributed by atoms with Gasteiger partial charge < -0.3 is 20.1 Å². The summed E-state index contributed by atoms with van der Waals surface area (Å²) in [5.74, 6) is 0.435. The minimum absolute atomic E-state index is 0.00476. The number of methoxy groups -OCH3 is 1. The van der Waals surface area contributed by atoms with Crippen LogP contribution in [0.1, 0.15) is 29.5 Å². The van der Waals surface area contributed by atoms with Gasteiger partial charge in [-0.3, -0.25) is 9.59 Å². The van der Waals surface area contributed by atoms with Gasteiger partial charge in [-0.2, -0.15) is 0 Å². The van der Waals surface area contributed by atoms with Gasteiger partial charge in [0.15, 0.2) is 0 Å². The summed E-state index contributed by atoms with van der Waals surface area (Å²) < 4.78 is 5.26. The minimum Gasteiger partial charge on any atom is -0.497 e. The van der Waals surface area contributed by atoms with Crippen LogP contribution >= 0.6 is 0 Å². The Hall–Kier alpha value is -3.64. The maximum absolute atomic E-state index is 13.6. The number of hydrogen-bond acceptors (Lipinski definition) is 4. The molecular formula is C29H34N2O4. The summed E-state index contributed by atoms with van der Waals surface area (Å²) >= 11 is 0. The number of ether oxygens (including phenoxy) is 1. The standard InChI is InChI=1S/C29H34N2O4/c1-35-26-16-13-25(14-17-26)22-31(28(33)18-15-23-9-4-2-5-10-23)27(29(34)30-19-8-20-32)21-24-11-6-3-7-12-24/h2-7,9-14,16-17,27,32H,8,15,18-22H2,1H3,(H,30,34). The van der Waals surface area contributed by atoms with Crippen molar-refractivity contribution >= 4 is 11.8 Å². The molecule has 1 atom stereocenters. The van der Waals surface area contributed by atoms with Crippen molar-refractivity contribution in [1.29, 1.82) is 0 Å². The molecule has 1 unspecified atom stereocenters. The molecule has 0 aliphatic rings. The van der Waals surface area contributed by atoms with Crippen LogP contribution in [-0.2, 0) is 29.0 Å². The van der Waals surface area contributed by atoms with Gasteiger partial charge in [0.1, 0.15) is 11.8 Å². The lowest BCUT2D eigenvalue weighted by molar-refractivity contribution is -0.141. The number of hydrogen-bond donors (Lipinski definition) is 2. The van der Waals surface area contributed by atoms with Gasteiger partial charge in [-0.25, -0.2) is 0 Å². The molecule has 3 rings (SSSR count). The normalized spacial score (nSPS) is 11.5. The fourth-order valence-corrected chi connectivity index (χ4v) is 3.93. The fourth-order valence-electron chi connectivity index (χ4n) is 3.93. The molecule has 0 spiro atoms. The number of aliphatic hydroxyl groups is 1. The van der Waals surface area contributed by atoms with Crippen LogP contribution in [0.5, 0.6) is 5.75 Å². The Morgan fingerprint density at radius 3 is 2.11 bits per heavy atom. The highest BCUT2D eigenvalue weighted by molar-refractivity contribution is 5.88. The summed E-state index contributed by atoms with van der Waals surface area (Å²) in [4.78, 5) is 28.6. The van der Waals surface area contributed by atoms with Gasteiger partial charge >= 0.3 is 0 Å². The van der Waals surface area contributed by atoms with Crippen molar-refractivity contribution in [3.8, 4) is 5.75 Å². The molecule has 3 aromatic carbocycles. The summed E-state index contributed by atoms with van der Waals surface area (Å²) in [6.07, 6.45) is 1.77. The molecule has 6 heteroatoms. The second kappa shape index (κ2) is 13.9. The van der Waals surface area contributed by atoms with Crippen molar-refractivity contribution < 1.29 is 19.4 Å². The lowest BCUT2D eigenvalue weighted by Crippen LogP contribution is -2.50. The van der Waals surface area contributed by atoms with E-state index in [1.165, 1.54) is 0 Å². The Morgan fingerprint density at radius 1 is 0.886 bits per heavy atom. The lowest BCUT2D eigenvalue weighted by atomic mass is 10.0. The summed E-state index contributed by atoms with van der Waals surface area (Å²) in [7, 11) is 1.61. The third-order valence-electron chi connectivity index (χ3n) is 5.89. The molecule has 2 amide bonds. The maximum Gasteiger partial charge on any atom is 0.243 e. The molecule has 3 aromatic rings. The van der Waals surface area contributed by atoms with Crippen LogP contribution in [0.15, 0.2) is 84.9 Å². The molecule has 184 valence electrons. The maximum atomic E-state index is 13.6. The quantitative estimate of drug-likeness (QED) is 0.370. The van der Waals surface area contributed by atoms with E-state index in [1.54, 1.807) is 12.0 Å². The first-order valence-corrected chi connectivity index (χ1v) is 12.0. The molecule has 0 aliphatic carbocycles. The van der Waals surface area contributed by atoms with E-state index >= 15 is 0 Å². The molecule has 2 N–H and O–H groups in total. The second-order valence-electron chi connectivity index (χ2n) is 8.43. The number of nitrogens with one attached hydrogen (secondary N) is 1. The number of rotatable bonds is 13. The highest BCUT2D eigenvalue weighted by Gasteiger charge is 2.30. The summed E-state index contributed by atoms with van der Waals surface area (Å²) in [5.41, 5.74) is 2.97. The second-order valence-corrected chi connectivity index (χ2v) is 8.43. The molecule has 6 nitrogen and oxygen atoms in total. The van der Waals surface area contributed by atoms with Crippen LogP contribution in [0.25, 0.3) is 0 Å². The van der Waals surface area contributed by atoms with Gasteiger partial charge in [-0.1, -0.05) is 72.8 Å². The van der Waals surface area contributed by atoms with Gasteiger partial charge in [0.05, 0.1) is 7.11 Å². The van der Waals surface area contributed by atoms with Gasteiger partial charge in [0, 0.05) is 32.5 Å². The van der Waals surface area contributed by atoms with Crippen molar-refractivity contribution in [2.24, 2.45) is 0 Å². The van der Waals surface area contributed by atoms with Gasteiger partial charge in [0.25, 0.3) is 0 Å². The molecule has 0 bridgehead atoms. The van der Waals surface area contributed by atoms with E-state index in [2.05, 4.69) is 5.32 Å². The van der Waals surface area contributed by atoms with Gasteiger partial charge in [-0.15, -0.1) is 0 Å². The van der Waals surface area contributed by atoms with E-state index in [1.807, 2.05) is 84.9 Å². The Labute approximate surface area is 207 Å². The van der Waals surface area contributed by atoms with Crippen molar-refractivity contribution in [3.05, 3.63) is 102 Å². The average Bonchev–Trinajstić information content (AvgIpc) is 2.91. The van der Waals surface area contributed by atoms with Crippen molar-refractivity contribution in [1.82, 2.24) is 10.2 Å². The van der Waals surface area contributed by atoms with Crippen LogP contribution in [0, 0.1) is 0 Å². The SMILES string of the molecule is COc1ccc(CN(C(=O)CCc2ccccc2)C(Cc2ccccc2)C(=O)NCCCO)cc1. The summed E-state index contributed by atoms with van der Waals surface area (Å²) in [6, 6.07) is 26.5. The Kier molecular flexibility index (Phi) is 10.3. The molecule has 0 heterocycles. The zero-order valence-corrected chi connectivity index (χ0v) is 20.2. The zero-order valence-electron chi connectivity index (χ0n) is 20.2. The molecule has 0 saturated heterocycles. The fraction of sp³-hybridized carbons (Fsp3) is 0.310. The third kappa shape index (κ3) is 8.26. The van der Waals surface area contributed by atoms with E-state index in [0.717, 1.165) is 22.4 Å². The molecule has 0 fully saturated rings. The smallest absolute Gasteiger partial charge is 0.243 e. The lowest BCUT2D eigenvalue weighted by Gasteiger charge is -2.31. The number of nitrogens with zero attached hydrogens (tertiary/aromatic N) is 1. The topological polar surface area (TPSA) is 78.9 Å². The van der Waals surface area contributed by atoms with Crippen LogP contribution in [0.3, 0.4) is 0 Å². The first kappa shape index (κ1) is 26.0. The van der Waals surface area contributed by atoms with Crippen molar-refractivity contribution in [2.45, 2.75) is 38.3 Å². The van der Waals surface area contributed by atoms with Crippen molar-refractivity contribution in [3.63, 3.8) is 0 Å². The predicted octanol–water partition coefficient (Wildman–Crippen LogP) is 3.77. The number of carbonyl (C=O) groups is 2. The largest absolute Gasteiger partial charge is 0.497 e. The number of aryl methyl sites for hydroxylation is 1. The Bertz CT molecular complexity index is 1040. The number of benzene rings is 3. The number of carbonyl (C=O) groups excluding carboxylic acids is 2. The molecular weight excluding hydrogens is 440 g/mol. The third-order valence-corrected chi connectivity index (χ3v) is 5.89. The van der Waals surface area contributed by atoms with Crippen LogP contribution in [0.4, 0.5) is 0 Å². The first-order chi connectivity index (χ1) is 17.1. The minimum atomic E-state index is -0.679. The molecule has 0 saturated carbocycles. The predicted molar refractivity (Wildman–Crippen MR) is 137 cm³/mol. The molecule has 0 radical (unpaired) electrons. The highest BCUT2D eigenvalue weighted by atomic mass is 16.5. The molecule has 0 aromatic heterocycles. The van der Waals surface area contributed by atoms with Crippen LogP contribution in [-0.4, -0.2) is 48.1 Å². The van der Waals surface area contributed by atoms with E-state index < -0.39 is 6.04 Å². The van der Waals surface area contributed by atoms with Crippen molar-refractivity contribution in [2.75, 3.05) is 20.3 Å². The Morgan fingerprint density at radius 2 is 1.51 bits per heavy atom. The average molecular weight is 475 g/mol. The van der Waals surface area contributed by atoms with E-state index in [-0.39, 0.29) is 18.4 Å². The number of amides is 2. The summed E-state index contributed by atoms with van der Waals surface area (Å²) in [6.45, 7) is 0.660. The zero-order chi connectivity index (χ0) is 24.9. The van der Waals surface area contributed by atoms with E-state index in [4.69, 9.17) is 9.84 Å². The highest BCUT2D eigenvalue weighted by Crippen LogP contribution is 2.19. The number of aliphatic hydroxyl groups excluding tert-OH is 1. The monoisotopic (exact) mass is 474 g/mol. The first-order valence-electron chi connectivity index (χ1n) is 12.0.